The molecular weight excluding hydrogens is 478 g/mol. The SMILES string of the molecule is COC(=O)c1ccc(-c2nnc(Nc3ccc4c(c3)ncn4-c3ccccc3OC)c3ccccc23)cc1. The third kappa shape index (κ3) is 4.08. The quantitative estimate of drug-likeness (QED) is 0.273. The van der Waals surface area contributed by atoms with Gasteiger partial charge in [-0.15, -0.1) is 10.2 Å². The minimum atomic E-state index is -0.378. The summed E-state index contributed by atoms with van der Waals surface area (Å²) in [7, 11) is 3.03. The van der Waals surface area contributed by atoms with Crippen LogP contribution in [0.1, 0.15) is 10.4 Å². The van der Waals surface area contributed by atoms with Crippen molar-refractivity contribution in [3.8, 4) is 22.7 Å². The second kappa shape index (κ2) is 9.67. The number of fused-ring (bicyclic) bond motifs is 2. The van der Waals surface area contributed by atoms with Gasteiger partial charge in [-0.2, -0.15) is 0 Å². The monoisotopic (exact) mass is 501 g/mol. The van der Waals surface area contributed by atoms with Crippen LogP contribution in [0.15, 0.2) is 97.3 Å². The van der Waals surface area contributed by atoms with Crippen LogP contribution in [0, 0.1) is 0 Å². The molecule has 0 bridgehead atoms. The van der Waals surface area contributed by atoms with Crippen LogP contribution < -0.4 is 10.1 Å². The fourth-order valence-corrected chi connectivity index (χ4v) is 4.54. The van der Waals surface area contributed by atoms with Gasteiger partial charge in [0.15, 0.2) is 5.82 Å². The van der Waals surface area contributed by atoms with Crippen LogP contribution in [0.2, 0.25) is 0 Å². The van der Waals surface area contributed by atoms with E-state index in [2.05, 4.69) is 20.5 Å². The number of aromatic nitrogens is 4. The Morgan fingerprint density at radius 1 is 0.842 bits per heavy atom. The second-order valence-corrected chi connectivity index (χ2v) is 8.63. The summed E-state index contributed by atoms with van der Waals surface area (Å²) in [6, 6.07) is 28.9. The molecule has 0 radical (unpaired) electrons. The molecule has 8 nitrogen and oxygen atoms in total. The average Bonchev–Trinajstić information content (AvgIpc) is 3.40. The van der Waals surface area contributed by atoms with Crippen LogP contribution in [0.5, 0.6) is 5.75 Å². The van der Waals surface area contributed by atoms with Gasteiger partial charge in [-0.05, 0) is 42.5 Å². The van der Waals surface area contributed by atoms with E-state index in [1.807, 2.05) is 83.4 Å². The Balaban J connectivity index is 1.35. The number of rotatable bonds is 6. The molecule has 8 heteroatoms. The van der Waals surface area contributed by atoms with Crippen molar-refractivity contribution in [1.82, 2.24) is 19.7 Å². The third-order valence-corrected chi connectivity index (χ3v) is 6.42. The first-order valence-corrected chi connectivity index (χ1v) is 12.0. The van der Waals surface area contributed by atoms with Crippen molar-refractivity contribution in [3.05, 3.63) is 103 Å². The lowest BCUT2D eigenvalue weighted by Gasteiger charge is -2.12. The van der Waals surface area contributed by atoms with E-state index >= 15 is 0 Å². The molecule has 0 saturated carbocycles. The number of hydrogen-bond donors (Lipinski definition) is 1. The number of hydrogen-bond acceptors (Lipinski definition) is 7. The number of imidazole rings is 1. The largest absolute Gasteiger partial charge is 0.495 e. The summed E-state index contributed by atoms with van der Waals surface area (Å²) in [5.74, 6) is 1.03. The third-order valence-electron chi connectivity index (χ3n) is 6.42. The van der Waals surface area contributed by atoms with Gasteiger partial charge in [0.25, 0.3) is 0 Å². The number of methoxy groups -OCH3 is 2. The Kier molecular flexibility index (Phi) is 5.89. The zero-order valence-corrected chi connectivity index (χ0v) is 20.8. The minimum Gasteiger partial charge on any atom is -0.495 e. The molecule has 38 heavy (non-hydrogen) atoms. The Labute approximate surface area is 218 Å². The normalized spacial score (nSPS) is 11.0. The highest BCUT2D eigenvalue weighted by molar-refractivity contribution is 6.01. The zero-order valence-electron chi connectivity index (χ0n) is 20.8. The lowest BCUT2D eigenvalue weighted by molar-refractivity contribution is 0.0600. The lowest BCUT2D eigenvalue weighted by atomic mass is 10.0. The molecule has 2 aromatic heterocycles. The average molecular weight is 502 g/mol. The van der Waals surface area contributed by atoms with Crippen molar-refractivity contribution in [2.24, 2.45) is 0 Å². The van der Waals surface area contributed by atoms with Gasteiger partial charge in [0.1, 0.15) is 17.8 Å². The van der Waals surface area contributed by atoms with Crippen molar-refractivity contribution in [2.75, 3.05) is 19.5 Å². The first-order chi connectivity index (χ1) is 18.7. The molecule has 6 aromatic rings. The molecule has 0 aliphatic heterocycles. The van der Waals surface area contributed by atoms with Crippen molar-refractivity contribution in [2.45, 2.75) is 0 Å². The summed E-state index contributed by atoms with van der Waals surface area (Å²) in [4.78, 5) is 16.4. The van der Waals surface area contributed by atoms with Gasteiger partial charge in [-0.25, -0.2) is 9.78 Å². The Morgan fingerprint density at radius 3 is 2.39 bits per heavy atom. The van der Waals surface area contributed by atoms with Crippen LogP contribution in [-0.4, -0.2) is 39.9 Å². The summed E-state index contributed by atoms with van der Waals surface area (Å²) < 4.78 is 12.3. The number of carbonyl (C=O) groups is 1. The summed E-state index contributed by atoms with van der Waals surface area (Å²) in [6.07, 6.45) is 1.79. The molecule has 0 aliphatic carbocycles. The van der Waals surface area contributed by atoms with Gasteiger partial charge in [-0.1, -0.05) is 48.5 Å². The van der Waals surface area contributed by atoms with E-state index in [4.69, 9.17) is 9.47 Å². The summed E-state index contributed by atoms with van der Waals surface area (Å²) in [6.45, 7) is 0. The minimum absolute atomic E-state index is 0.378. The van der Waals surface area contributed by atoms with Crippen LogP contribution in [0.4, 0.5) is 11.5 Å². The number of carbonyl (C=O) groups excluding carboxylic acids is 1. The van der Waals surface area contributed by atoms with Gasteiger partial charge >= 0.3 is 5.97 Å². The van der Waals surface area contributed by atoms with Crippen LogP contribution >= 0.6 is 0 Å². The van der Waals surface area contributed by atoms with E-state index in [1.54, 1.807) is 25.6 Å². The molecule has 4 aromatic carbocycles. The molecule has 0 spiro atoms. The first-order valence-electron chi connectivity index (χ1n) is 12.0. The number of benzene rings is 4. The van der Waals surface area contributed by atoms with Gasteiger partial charge < -0.3 is 14.8 Å². The van der Waals surface area contributed by atoms with E-state index in [-0.39, 0.29) is 5.97 Å². The lowest BCUT2D eigenvalue weighted by Crippen LogP contribution is -2.01. The molecule has 0 aliphatic rings. The number of nitrogens with zero attached hydrogens (tertiary/aromatic N) is 4. The summed E-state index contributed by atoms with van der Waals surface area (Å²) in [5.41, 5.74) is 5.63. The number of ether oxygens (including phenoxy) is 2. The molecule has 0 atom stereocenters. The fourth-order valence-electron chi connectivity index (χ4n) is 4.54. The van der Waals surface area contributed by atoms with Gasteiger partial charge in [0, 0.05) is 22.0 Å². The highest BCUT2D eigenvalue weighted by Gasteiger charge is 2.14. The predicted octanol–water partition coefficient (Wildman–Crippen LogP) is 6.17. The Bertz CT molecular complexity index is 1790. The fraction of sp³-hybridized carbons (Fsp3) is 0.0667. The van der Waals surface area contributed by atoms with Gasteiger partial charge in [0.2, 0.25) is 0 Å². The molecule has 0 fully saturated rings. The maximum Gasteiger partial charge on any atom is 0.337 e. The van der Waals surface area contributed by atoms with Crippen molar-refractivity contribution in [3.63, 3.8) is 0 Å². The smallest absolute Gasteiger partial charge is 0.337 e. The van der Waals surface area contributed by atoms with Gasteiger partial charge in [0.05, 0.1) is 36.5 Å². The molecule has 0 unspecified atom stereocenters. The number of anilines is 2. The maximum atomic E-state index is 11.8. The molecule has 0 amide bonds. The van der Waals surface area contributed by atoms with Crippen LogP contribution in [0.25, 0.3) is 38.8 Å². The molecule has 6 rings (SSSR count). The summed E-state index contributed by atoms with van der Waals surface area (Å²) in [5, 5.41) is 14.3. The Morgan fingerprint density at radius 2 is 1.61 bits per heavy atom. The standard InChI is InChI=1S/C30H23N5O3/c1-37-27-10-6-5-9-26(27)35-18-31-24-17-21(15-16-25(24)35)32-29-23-8-4-3-7-22(23)28(33-34-29)19-11-13-20(14-12-19)30(36)38-2/h3-18H,1-2H3,(H,32,34). The van der Waals surface area contributed by atoms with E-state index in [9.17, 15) is 4.79 Å². The van der Waals surface area contributed by atoms with E-state index in [0.29, 0.717) is 11.4 Å². The first kappa shape index (κ1) is 23.2. The van der Waals surface area contributed by atoms with Crippen molar-refractivity contribution in [1.29, 1.82) is 0 Å². The molecule has 186 valence electrons. The van der Waals surface area contributed by atoms with Crippen molar-refractivity contribution < 1.29 is 14.3 Å². The molecule has 1 N–H and O–H groups in total. The highest BCUT2D eigenvalue weighted by Crippen LogP contribution is 2.32. The molecule has 0 saturated heterocycles. The second-order valence-electron chi connectivity index (χ2n) is 8.63. The highest BCUT2D eigenvalue weighted by atomic mass is 16.5. The number of nitrogens with one attached hydrogen (secondary N) is 1. The zero-order chi connectivity index (χ0) is 26.1. The molecular formula is C30H23N5O3. The Hall–Kier alpha value is -5.24. The van der Waals surface area contributed by atoms with E-state index < -0.39 is 0 Å². The number of para-hydroxylation sites is 2. The molecule has 2 heterocycles. The van der Waals surface area contributed by atoms with Crippen LogP contribution in [-0.2, 0) is 4.74 Å². The van der Waals surface area contributed by atoms with Crippen molar-refractivity contribution >= 4 is 39.3 Å². The number of esters is 1. The topological polar surface area (TPSA) is 91.2 Å². The van der Waals surface area contributed by atoms with Gasteiger partial charge in [-0.3, -0.25) is 4.57 Å². The van der Waals surface area contributed by atoms with Crippen LogP contribution in [0.3, 0.4) is 0 Å². The maximum absolute atomic E-state index is 11.8. The predicted molar refractivity (Wildman–Crippen MR) is 147 cm³/mol. The summed E-state index contributed by atoms with van der Waals surface area (Å²) >= 11 is 0. The van der Waals surface area contributed by atoms with E-state index in [1.165, 1.54) is 7.11 Å². The van der Waals surface area contributed by atoms with E-state index in [0.717, 1.165) is 50.2 Å².